The molecule has 0 aliphatic carbocycles. The summed E-state index contributed by atoms with van der Waals surface area (Å²) in [6.07, 6.45) is 0.934. The summed E-state index contributed by atoms with van der Waals surface area (Å²) in [5.74, 6) is -0.872. The van der Waals surface area contributed by atoms with E-state index in [0.29, 0.717) is 26.2 Å². The molecule has 0 aromatic rings. The van der Waals surface area contributed by atoms with Gasteiger partial charge in [-0.05, 0) is 27.2 Å². The monoisotopic (exact) mass is 347 g/mol. The van der Waals surface area contributed by atoms with Gasteiger partial charge >= 0.3 is 11.9 Å². The minimum atomic E-state index is -0.503. The molecule has 0 unspecified atom stereocenters. The van der Waals surface area contributed by atoms with E-state index in [1.165, 1.54) is 7.11 Å². The first kappa shape index (κ1) is 22.3. The predicted octanol–water partition coefficient (Wildman–Crippen LogP) is 0.821. The van der Waals surface area contributed by atoms with Crippen LogP contribution in [0.4, 0.5) is 0 Å². The topological polar surface area (TPSA) is 100 Å². The number of hydrogen-bond acceptors (Lipinski definition) is 7. The van der Waals surface area contributed by atoms with Crippen LogP contribution in [0.3, 0.4) is 0 Å². The highest BCUT2D eigenvalue weighted by Gasteiger charge is 2.16. The number of esters is 2. The Morgan fingerprint density at radius 3 is 2.21 bits per heavy atom. The van der Waals surface area contributed by atoms with Gasteiger partial charge < -0.3 is 24.3 Å². The third kappa shape index (κ3) is 15.2. The number of nitrogens with one attached hydrogen (secondary N) is 1. The van der Waals surface area contributed by atoms with Crippen molar-refractivity contribution in [3.63, 3.8) is 0 Å². The lowest BCUT2D eigenvalue weighted by atomic mass is 10.2. The van der Waals surface area contributed by atoms with Gasteiger partial charge in [0.05, 0.1) is 26.9 Å². The second-order valence-corrected chi connectivity index (χ2v) is 6.03. The molecule has 0 atom stereocenters. The third-order valence-corrected chi connectivity index (χ3v) is 2.59. The molecule has 0 spiro atoms. The van der Waals surface area contributed by atoms with E-state index in [4.69, 9.17) is 14.2 Å². The maximum atomic E-state index is 11.6. The number of ether oxygens (including phenoxy) is 4. The molecule has 0 rings (SSSR count). The lowest BCUT2D eigenvalue weighted by molar-refractivity contribution is -0.155. The molecule has 0 aliphatic heterocycles. The molecule has 24 heavy (non-hydrogen) atoms. The molecular formula is C16H29NO7. The number of rotatable bonds is 12. The van der Waals surface area contributed by atoms with Crippen LogP contribution in [0.25, 0.3) is 0 Å². The molecule has 0 saturated heterocycles. The Bertz CT molecular complexity index is 390. The van der Waals surface area contributed by atoms with E-state index in [2.05, 4.69) is 10.1 Å². The summed E-state index contributed by atoms with van der Waals surface area (Å²) in [5, 5.41) is 2.69. The maximum absolute atomic E-state index is 11.6. The van der Waals surface area contributed by atoms with E-state index < -0.39 is 11.6 Å². The first-order valence-corrected chi connectivity index (χ1v) is 7.95. The van der Waals surface area contributed by atoms with Gasteiger partial charge in [-0.1, -0.05) is 0 Å². The lowest BCUT2D eigenvalue weighted by Gasteiger charge is -2.19. The minimum Gasteiger partial charge on any atom is -0.467 e. The van der Waals surface area contributed by atoms with Gasteiger partial charge in [-0.15, -0.1) is 0 Å². The molecule has 0 bridgehead atoms. The van der Waals surface area contributed by atoms with E-state index >= 15 is 0 Å². The number of carbonyl (C=O) groups is 3. The largest absolute Gasteiger partial charge is 0.467 e. The second-order valence-electron chi connectivity index (χ2n) is 6.03. The average Bonchev–Trinajstić information content (AvgIpc) is 2.47. The van der Waals surface area contributed by atoms with Gasteiger partial charge in [0.2, 0.25) is 5.91 Å². The number of amides is 1. The molecule has 140 valence electrons. The molecule has 8 heteroatoms. The Morgan fingerprint density at radius 2 is 1.58 bits per heavy atom. The Labute approximate surface area is 143 Å². The fraction of sp³-hybridized carbons (Fsp3) is 0.812. The van der Waals surface area contributed by atoms with Crippen molar-refractivity contribution >= 4 is 17.8 Å². The normalized spacial score (nSPS) is 11.0. The molecule has 0 aromatic carbocycles. The van der Waals surface area contributed by atoms with Crippen LogP contribution in [0.5, 0.6) is 0 Å². The van der Waals surface area contributed by atoms with Crippen molar-refractivity contribution in [2.45, 2.75) is 45.6 Å². The molecule has 1 amide bonds. The van der Waals surface area contributed by atoms with Crippen LogP contribution < -0.4 is 5.32 Å². The van der Waals surface area contributed by atoms with Crippen LogP contribution in [-0.2, 0) is 33.3 Å². The van der Waals surface area contributed by atoms with E-state index in [0.717, 1.165) is 0 Å². The van der Waals surface area contributed by atoms with Crippen molar-refractivity contribution in [2.24, 2.45) is 0 Å². The van der Waals surface area contributed by atoms with Crippen molar-refractivity contribution in [3.05, 3.63) is 0 Å². The predicted molar refractivity (Wildman–Crippen MR) is 86.4 cm³/mol. The third-order valence-electron chi connectivity index (χ3n) is 2.59. The summed E-state index contributed by atoms with van der Waals surface area (Å²) in [4.78, 5) is 33.8. The zero-order chi connectivity index (χ0) is 18.4. The molecule has 0 aliphatic rings. The van der Waals surface area contributed by atoms with Gasteiger partial charge in [-0.3, -0.25) is 9.59 Å². The first-order valence-electron chi connectivity index (χ1n) is 7.95. The zero-order valence-corrected chi connectivity index (χ0v) is 15.0. The molecule has 0 heterocycles. The highest BCUT2D eigenvalue weighted by Crippen LogP contribution is 2.09. The van der Waals surface area contributed by atoms with E-state index in [-0.39, 0.29) is 37.9 Å². The summed E-state index contributed by atoms with van der Waals surface area (Å²) in [7, 11) is 1.29. The van der Waals surface area contributed by atoms with Gasteiger partial charge in [-0.25, -0.2) is 4.79 Å². The molecule has 0 radical (unpaired) electrons. The van der Waals surface area contributed by atoms with Crippen molar-refractivity contribution in [3.8, 4) is 0 Å². The Balaban J connectivity index is 3.44. The highest BCUT2D eigenvalue weighted by molar-refractivity contribution is 5.77. The summed E-state index contributed by atoms with van der Waals surface area (Å²) in [6, 6.07) is 0. The number of hydrogen-bond donors (Lipinski definition) is 1. The molecule has 8 nitrogen and oxygen atoms in total. The van der Waals surface area contributed by atoms with Gasteiger partial charge in [-0.2, -0.15) is 0 Å². The molecule has 0 fully saturated rings. The smallest absolute Gasteiger partial charge is 0.331 e. The SMILES string of the molecule is COC(=O)COCCOCCNC(=O)CCCC(=O)OC(C)(C)C. The van der Waals surface area contributed by atoms with Gasteiger partial charge in [0.1, 0.15) is 12.2 Å². The number of carbonyl (C=O) groups excluding carboxylic acids is 3. The second kappa shape index (κ2) is 12.7. The number of methoxy groups -OCH3 is 1. The van der Waals surface area contributed by atoms with Gasteiger partial charge in [0.25, 0.3) is 0 Å². The fourth-order valence-corrected chi connectivity index (χ4v) is 1.57. The quantitative estimate of drug-likeness (QED) is 0.412. The summed E-state index contributed by atoms with van der Waals surface area (Å²) >= 11 is 0. The Hall–Kier alpha value is -1.67. The standard InChI is InChI=1S/C16H29NO7/c1-16(2,3)24-14(19)7-5-6-13(18)17-8-9-22-10-11-23-12-15(20)21-4/h5-12H2,1-4H3,(H,17,18). The van der Waals surface area contributed by atoms with E-state index in [9.17, 15) is 14.4 Å². The first-order chi connectivity index (χ1) is 11.2. The molecular weight excluding hydrogens is 318 g/mol. The van der Waals surface area contributed by atoms with Crippen molar-refractivity contribution in [2.75, 3.05) is 40.1 Å². The summed E-state index contributed by atoms with van der Waals surface area (Å²) in [6.45, 7) is 6.63. The molecule has 0 saturated carbocycles. The van der Waals surface area contributed by atoms with Crippen LogP contribution in [0.15, 0.2) is 0 Å². The Kier molecular flexibility index (Phi) is 11.8. The van der Waals surface area contributed by atoms with Crippen molar-refractivity contribution in [1.82, 2.24) is 5.32 Å². The van der Waals surface area contributed by atoms with Crippen molar-refractivity contribution < 1.29 is 33.3 Å². The van der Waals surface area contributed by atoms with Gasteiger partial charge in [0.15, 0.2) is 0 Å². The van der Waals surface area contributed by atoms with Crippen LogP contribution in [0.1, 0.15) is 40.0 Å². The van der Waals surface area contributed by atoms with Gasteiger partial charge in [0, 0.05) is 19.4 Å². The summed E-state index contributed by atoms with van der Waals surface area (Å²) < 4.78 is 19.8. The van der Waals surface area contributed by atoms with Crippen LogP contribution >= 0.6 is 0 Å². The Morgan fingerprint density at radius 1 is 0.917 bits per heavy atom. The van der Waals surface area contributed by atoms with Crippen LogP contribution in [0, 0.1) is 0 Å². The maximum Gasteiger partial charge on any atom is 0.331 e. The van der Waals surface area contributed by atoms with Crippen molar-refractivity contribution in [1.29, 1.82) is 0 Å². The zero-order valence-electron chi connectivity index (χ0n) is 15.0. The fourth-order valence-electron chi connectivity index (χ4n) is 1.57. The van der Waals surface area contributed by atoms with E-state index in [1.807, 2.05) is 0 Å². The summed E-state index contributed by atoms with van der Waals surface area (Å²) in [5.41, 5.74) is -0.503. The van der Waals surface area contributed by atoms with E-state index in [1.54, 1.807) is 20.8 Å². The molecule has 0 aromatic heterocycles. The van der Waals surface area contributed by atoms with Crippen LogP contribution in [-0.4, -0.2) is 63.5 Å². The average molecular weight is 347 g/mol. The molecule has 1 N–H and O–H groups in total. The highest BCUT2D eigenvalue weighted by atomic mass is 16.6. The minimum absolute atomic E-state index is 0.103. The lowest BCUT2D eigenvalue weighted by Crippen LogP contribution is -2.28. The van der Waals surface area contributed by atoms with Crippen LogP contribution in [0.2, 0.25) is 0 Å².